The number of rotatable bonds is 8. The molecule has 0 saturated heterocycles. The maximum Gasteiger partial charge on any atom is 0.0545 e. The first-order chi connectivity index (χ1) is 8.21. The van der Waals surface area contributed by atoms with Gasteiger partial charge >= 0.3 is 0 Å². The fourth-order valence-corrected chi connectivity index (χ4v) is 3.72. The Kier molecular flexibility index (Phi) is 6.50. The standard InChI is InChI=1S/C15H30O2/c1-5-8-13(2)15(11-16-3,12-17-4)14-9-6-7-10-14/h13-14H,5-12H2,1-4H3. The largest absolute Gasteiger partial charge is 0.384 e. The van der Waals surface area contributed by atoms with Crippen LogP contribution in [0.15, 0.2) is 0 Å². The Labute approximate surface area is 107 Å². The monoisotopic (exact) mass is 242 g/mol. The zero-order valence-corrected chi connectivity index (χ0v) is 12.1. The second-order valence-corrected chi connectivity index (χ2v) is 5.77. The van der Waals surface area contributed by atoms with Crippen molar-refractivity contribution in [1.29, 1.82) is 0 Å². The minimum atomic E-state index is 0.246. The van der Waals surface area contributed by atoms with E-state index in [9.17, 15) is 0 Å². The first kappa shape index (κ1) is 15.0. The van der Waals surface area contributed by atoms with E-state index in [2.05, 4.69) is 13.8 Å². The highest BCUT2D eigenvalue weighted by molar-refractivity contribution is 4.92. The lowest BCUT2D eigenvalue weighted by Gasteiger charge is -2.43. The van der Waals surface area contributed by atoms with Crippen molar-refractivity contribution in [3.05, 3.63) is 0 Å². The molecule has 0 heterocycles. The summed E-state index contributed by atoms with van der Waals surface area (Å²) in [4.78, 5) is 0. The van der Waals surface area contributed by atoms with E-state index in [1.807, 2.05) is 14.2 Å². The van der Waals surface area contributed by atoms with E-state index in [1.54, 1.807) is 0 Å². The van der Waals surface area contributed by atoms with Gasteiger partial charge in [0.1, 0.15) is 0 Å². The number of hydrogen-bond acceptors (Lipinski definition) is 2. The number of ether oxygens (including phenoxy) is 2. The molecule has 0 aromatic heterocycles. The van der Waals surface area contributed by atoms with Crippen molar-refractivity contribution in [2.24, 2.45) is 17.3 Å². The minimum Gasteiger partial charge on any atom is -0.384 e. The van der Waals surface area contributed by atoms with Gasteiger partial charge in [0.15, 0.2) is 0 Å². The van der Waals surface area contributed by atoms with E-state index in [0.717, 1.165) is 19.1 Å². The van der Waals surface area contributed by atoms with Crippen LogP contribution in [0.5, 0.6) is 0 Å². The van der Waals surface area contributed by atoms with Gasteiger partial charge in [-0.15, -0.1) is 0 Å². The third-order valence-corrected chi connectivity index (χ3v) is 4.70. The van der Waals surface area contributed by atoms with Crippen LogP contribution in [0.3, 0.4) is 0 Å². The third kappa shape index (κ3) is 3.45. The Morgan fingerprint density at radius 2 is 1.65 bits per heavy atom. The molecule has 1 rings (SSSR count). The van der Waals surface area contributed by atoms with Gasteiger partial charge in [-0.3, -0.25) is 0 Å². The molecule has 1 saturated carbocycles. The molecule has 0 aromatic rings. The van der Waals surface area contributed by atoms with Crippen molar-refractivity contribution >= 4 is 0 Å². The molecule has 0 bridgehead atoms. The highest BCUT2D eigenvalue weighted by Gasteiger charge is 2.44. The van der Waals surface area contributed by atoms with Crippen LogP contribution in [0, 0.1) is 17.3 Å². The summed E-state index contributed by atoms with van der Waals surface area (Å²) in [6.45, 7) is 6.37. The van der Waals surface area contributed by atoms with Gasteiger partial charge in [-0.25, -0.2) is 0 Å². The number of hydrogen-bond donors (Lipinski definition) is 0. The zero-order chi connectivity index (χ0) is 12.7. The topological polar surface area (TPSA) is 18.5 Å². The Bertz CT molecular complexity index is 191. The van der Waals surface area contributed by atoms with Crippen LogP contribution in [0.1, 0.15) is 52.4 Å². The lowest BCUT2D eigenvalue weighted by Crippen LogP contribution is -2.44. The van der Waals surface area contributed by atoms with Gasteiger partial charge in [-0.1, -0.05) is 39.5 Å². The summed E-state index contributed by atoms with van der Waals surface area (Å²) in [6.07, 6.45) is 8.03. The minimum absolute atomic E-state index is 0.246. The number of methoxy groups -OCH3 is 2. The first-order valence-corrected chi connectivity index (χ1v) is 7.19. The van der Waals surface area contributed by atoms with Gasteiger partial charge in [-0.05, 0) is 24.7 Å². The van der Waals surface area contributed by atoms with Gasteiger partial charge < -0.3 is 9.47 Å². The molecule has 1 fully saturated rings. The summed E-state index contributed by atoms with van der Waals surface area (Å²) in [5, 5.41) is 0. The van der Waals surface area contributed by atoms with Crippen LogP contribution in [-0.4, -0.2) is 27.4 Å². The van der Waals surface area contributed by atoms with Crippen LogP contribution < -0.4 is 0 Å². The summed E-state index contributed by atoms with van der Waals surface area (Å²) in [6, 6.07) is 0. The van der Waals surface area contributed by atoms with E-state index in [4.69, 9.17) is 9.47 Å². The van der Waals surface area contributed by atoms with Gasteiger partial charge in [0, 0.05) is 19.6 Å². The Hall–Kier alpha value is -0.0800. The molecule has 1 aliphatic rings. The summed E-state index contributed by atoms with van der Waals surface area (Å²) < 4.78 is 11.1. The van der Waals surface area contributed by atoms with Gasteiger partial charge in [-0.2, -0.15) is 0 Å². The fraction of sp³-hybridized carbons (Fsp3) is 1.00. The van der Waals surface area contributed by atoms with Crippen LogP contribution in [0.2, 0.25) is 0 Å². The summed E-state index contributed by atoms with van der Waals surface area (Å²) in [5.41, 5.74) is 0.246. The van der Waals surface area contributed by atoms with Crippen LogP contribution >= 0.6 is 0 Å². The molecule has 17 heavy (non-hydrogen) atoms. The van der Waals surface area contributed by atoms with E-state index in [-0.39, 0.29) is 5.41 Å². The normalized spacial score (nSPS) is 19.8. The summed E-state index contributed by atoms with van der Waals surface area (Å²) >= 11 is 0. The molecule has 2 nitrogen and oxygen atoms in total. The van der Waals surface area contributed by atoms with Crippen LogP contribution in [0.4, 0.5) is 0 Å². The molecule has 0 aromatic carbocycles. The third-order valence-electron chi connectivity index (χ3n) is 4.70. The molecule has 0 amide bonds. The van der Waals surface area contributed by atoms with E-state index in [1.165, 1.54) is 38.5 Å². The average molecular weight is 242 g/mol. The maximum atomic E-state index is 5.56. The highest BCUT2D eigenvalue weighted by atomic mass is 16.5. The molecule has 0 aliphatic heterocycles. The van der Waals surface area contributed by atoms with E-state index < -0.39 is 0 Å². The zero-order valence-electron chi connectivity index (χ0n) is 12.1. The predicted octanol–water partition coefficient (Wildman–Crippen LogP) is 3.89. The van der Waals surface area contributed by atoms with E-state index in [0.29, 0.717) is 5.92 Å². The molecule has 0 spiro atoms. The second kappa shape index (κ2) is 7.38. The van der Waals surface area contributed by atoms with Crippen molar-refractivity contribution in [2.75, 3.05) is 27.4 Å². The Balaban J connectivity index is 2.84. The molecular weight excluding hydrogens is 212 g/mol. The molecule has 1 unspecified atom stereocenters. The van der Waals surface area contributed by atoms with Crippen molar-refractivity contribution < 1.29 is 9.47 Å². The van der Waals surface area contributed by atoms with Gasteiger partial charge in [0.2, 0.25) is 0 Å². The molecule has 1 atom stereocenters. The Morgan fingerprint density at radius 1 is 1.12 bits per heavy atom. The van der Waals surface area contributed by atoms with Gasteiger partial charge in [0.25, 0.3) is 0 Å². The molecular formula is C15H30O2. The van der Waals surface area contributed by atoms with Crippen molar-refractivity contribution in [3.63, 3.8) is 0 Å². The smallest absolute Gasteiger partial charge is 0.0545 e. The molecule has 0 N–H and O–H groups in total. The molecule has 0 radical (unpaired) electrons. The SMILES string of the molecule is CCCC(C)C(COC)(COC)C1CCCC1. The lowest BCUT2D eigenvalue weighted by molar-refractivity contribution is -0.0664. The van der Waals surface area contributed by atoms with Crippen LogP contribution in [0.25, 0.3) is 0 Å². The van der Waals surface area contributed by atoms with Gasteiger partial charge in [0.05, 0.1) is 13.2 Å². The molecule has 1 aliphatic carbocycles. The fourth-order valence-electron chi connectivity index (χ4n) is 3.72. The lowest BCUT2D eigenvalue weighted by atomic mass is 9.66. The average Bonchev–Trinajstić information content (AvgIpc) is 2.82. The predicted molar refractivity (Wildman–Crippen MR) is 72.2 cm³/mol. The quantitative estimate of drug-likeness (QED) is 0.643. The maximum absolute atomic E-state index is 5.56. The van der Waals surface area contributed by atoms with Crippen molar-refractivity contribution in [2.45, 2.75) is 52.4 Å². The van der Waals surface area contributed by atoms with E-state index >= 15 is 0 Å². The summed E-state index contributed by atoms with van der Waals surface area (Å²) in [7, 11) is 3.66. The molecule has 102 valence electrons. The van der Waals surface area contributed by atoms with Crippen molar-refractivity contribution in [1.82, 2.24) is 0 Å². The summed E-state index contributed by atoms with van der Waals surface area (Å²) in [5.74, 6) is 1.49. The molecule has 2 heteroatoms. The first-order valence-electron chi connectivity index (χ1n) is 7.19. The Morgan fingerprint density at radius 3 is 2.06 bits per heavy atom. The van der Waals surface area contributed by atoms with Crippen molar-refractivity contribution in [3.8, 4) is 0 Å². The second-order valence-electron chi connectivity index (χ2n) is 5.77. The van der Waals surface area contributed by atoms with Crippen LogP contribution in [-0.2, 0) is 9.47 Å². The highest BCUT2D eigenvalue weighted by Crippen LogP contribution is 2.46.